The van der Waals surface area contributed by atoms with Crippen LogP contribution in [-0.4, -0.2) is 33.4 Å². The van der Waals surface area contributed by atoms with Crippen LogP contribution in [0.3, 0.4) is 0 Å². The van der Waals surface area contributed by atoms with Crippen LogP contribution in [0.2, 0.25) is 0 Å². The molecule has 0 aliphatic carbocycles. The first-order chi connectivity index (χ1) is 16.2. The predicted octanol–water partition coefficient (Wildman–Crippen LogP) is 4.36. The third-order valence-corrected chi connectivity index (χ3v) is 5.65. The minimum Gasteiger partial charge on any atom is -0.481 e. The van der Waals surface area contributed by atoms with Crippen LogP contribution in [0.1, 0.15) is 42.1 Å². The average molecular weight is 481 g/mol. The molecule has 0 unspecified atom stereocenters. The number of ether oxygens (including phenoxy) is 1. The molecule has 2 aromatic carbocycles. The van der Waals surface area contributed by atoms with Gasteiger partial charge in [0.2, 0.25) is 0 Å². The number of carbonyl (C=O) groups excluding carboxylic acids is 1. The molecule has 8 nitrogen and oxygen atoms in total. The maximum absolute atomic E-state index is 12.1. The predicted molar refractivity (Wildman–Crippen MR) is 132 cm³/mol. The highest BCUT2D eigenvalue weighted by molar-refractivity contribution is 7.98. The minimum atomic E-state index is -0.956. The second-order valence-corrected chi connectivity index (χ2v) is 9.12. The van der Waals surface area contributed by atoms with Gasteiger partial charge in [0.25, 0.3) is 0 Å². The summed E-state index contributed by atoms with van der Waals surface area (Å²) in [4.78, 5) is 32.6. The van der Waals surface area contributed by atoms with Crippen molar-refractivity contribution in [2.45, 2.75) is 43.9 Å². The smallest absolute Gasteiger partial charge is 0.411 e. The summed E-state index contributed by atoms with van der Waals surface area (Å²) in [7, 11) is 0. The fourth-order valence-corrected chi connectivity index (χ4v) is 3.98. The lowest BCUT2D eigenvalue weighted by Crippen LogP contribution is -2.33. The van der Waals surface area contributed by atoms with Crippen molar-refractivity contribution in [1.29, 1.82) is 0 Å². The van der Waals surface area contributed by atoms with Gasteiger partial charge >= 0.3 is 12.1 Å². The number of hydrogen-bond donors (Lipinski definition) is 3. The van der Waals surface area contributed by atoms with Crippen molar-refractivity contribution >= 4 is 29.5 Å². The topological polar surface area (TPSA) is 127 Å². The van der Waals surface area contributed by atoms with Crippen molar-refractivity contribution in [3.8, 4) is 0 Å². The van der Waals surface area contributed by atoms with E-state index in [4.69, 9.17) is 10.5 Å². The SMILES string of the molecule is CSc1nc(Cc2ccc(NC(=O)OCc3ccccc3)cc2)nc(C(C)(C)N)c1CC(=O)O. The van der Waals surface area contributed by atoms with Gasteiger partial charge in [0, 0.05) is 17.7 Å². The molecule has 0 saturated carbocycles. The lowest BCUT2D eigenvalue weighted by atomic mass is 9.95. The second kappa shape index (κ2) is 11.1. The molecule has 9 heteroatoms. The number of benzene rings is 2. The number of nitrogens with two attached hydrogens (primary N) is 1. The zero-order valence-corrected chi connectivity index (χ0v) is 20.2. The molecule has 0 aliphatic heterocycles. The van der Waals surface area contributed by atoms with Gasteiger partial charge in [-0.1, -0.05) is 42.5 Å². The van der Waals surface area contributed by atoms with E-state index in [1.54, 1.807) is 26.0 Å². The Morgan fingerprint density at radius 1 is 1.06 bits per heavy atom. The molecule has 1 amide bonds. The molecule has 0 spiro atoms. The lowest BCUT2D eigenvalue weighted by molar-refractivity contribution is -0.136. The Hall–Kier alpha value is -3.43. The van der Waals surface area contributed by atoms with Crippen molar-refractivity contribution in [3.05, 3.63) is 82.8 Å². The first-order valence-corrected chi connectivity index (χ1v) is 11.9. The van der Waals surface area contributed by atoms with E-state index in [0.29, 0.717) is 34.2 Å². The molecule has 0 atom stereocenters. The van der Waals surface area contributed by atoms with Gasteiger partial charge in [-0.25, -0.2) is 14.8 Å². The van der Waals surface area contributed by atoms with Crippen molar-refractivity contribution in [3.63, 3.8) is 0 Å². The Morgan fingerprint density at radius 3 is 2.32 bits per heavy atom. The fourth-order valence-electron chi connectivity index (χ4n) is 3.36. The summed E-state index contributed by atoms with van der Waals surface area (Å²) in [5, 5.41) is 12.6. The van der Waals surface area contributed by atoms with Gasteiger partial charge in [0.05, 0.1) is 17.7 Å². The van der Waals surface area contributed by atoms with Crippen molar-refractivity contribution in [2.24, 2.45) is 5.73 Å². The number of carboxylic acids is 1. The third-order valence-electron chi connectivity index (χ3n) is 4.92. The summed E-state index contributed by atoms with van der Waals surface area (Å²) in [5.74, 6) is -0.405. The monoisotopic (exact) mass is 480 g/mol. The molecule has 1 aromatic heterocycles. The van der Waals surface area contributed by atoms with Crippen molar-refractivity contribution in [1.82, 2.24) is 9.97 Å². The van der Waals surface area contributed by atoms with Crippen molar-refractivity contribution < 1.29 is 19.4 Å². The van der Waals surface area contributed by atoms with E-state index >= 15 is 0 Å². The van der Waals surface area contributed by atoms with Crippen LogP contribution in [0.15, 0.2) is 59.6 Å². The number of carbonyl (C=O) groups is 2. The van der Waals surface area contributed by atoms with Crippen LogP contribution < -0.4 is 11.1 Å². The third kappa shape index (κ3) is 7.03. The summed E-state index contributed by atoms with van der Waals surface area (Å²) in [5.41, 5.74) is 9.01. The van der Waals surface area contributed by atoms with Gasteiger partial charge in [-0.05, 0) is 43.4 Å². The number of aliphatic carboxylic acids is 1. The summed E-state index contributed by atoms with van der Waals surface area (Å²) in [6, 6.07) is 16.7. The van der Waals surface area contributed by atoms with E-state index in [9.17, 15) is 14.7 Å². The van der Waals surface area contributed by atoms with Crippen LogP contribution in [-0.2, 0) is 34.5 Å². The average Bonchev–Trinajstić information content (AvgIpc) is 2.79. The van der Waals surface area contributed by atoms with E-state index < -0.39 is 17.6 Å². The van der Waals surface area contributed by atoms with Crippen LogP contribution in [0.4, 0.5) is 10.5 Å². The highest BCUT2D eigenvalue weighted by Gasteiger charge is 2.26. The minimum absolute atomic E-state index is 0.187. The van der Waals surface area contributed by atoms with E-state index in [-0.39, 0.29) is 13.0 Å². The molecular weight excluding hydrogens is 452 g/mol. The van der Waals surface area contributed by atoms with Gasteiger partial charge in [-0.2, -0.15) is 0 Å². The van der Waals surface area contributed by atoms with Crippen molar-refractivity contribution in [2.75, 3.05) is 11.6 Å². The molecule has 34 heavy (non-hydrogen) atoms. The summed E-state index contributed by atoms with van der Waals surface area (Å²) in [6.07, 6.45) is 1.56. The van der Waals surface area contributed by atoms with Crippen LogP contribution >= 0.6 is 11.8 Å². The molecule has 0 bridgehead atoms. The number of anilines is 1. The van der Waals surface area contributed by atoms with Gasteiger partial charge in [-0.3, -0.25) is 10.1 Å². The Morgan fingerprint density at radius 2 is 1.74 bits per heavy atom. The zero-order valence-electron chi connectivity index (χ0n) is 19.4. The molecule has 0 fully saturated rings. The molecule has 3 aromatic rings. The maximum atomic E-state index is 12.1. The Balaban J connectivity index is 1.70. The largest absolute Gasteiger partial charge is 0.481 e. The normalized spacial score (nSPS) is 11.2. The Labute approximate surface area is 203 Å². The van der Waals surface area contributed by atoms with Gasteiger partial charge < -0.3 is 15.6 Å². The molecule has 1 heterocycles. The second-order valence-electron chi connectivity index (χ2n) is 8.33. The summed E-state index contributed by atoms with van der Waals surface area (Å²) in [6.45, 7) is 3.79. The molecule has 3 rings (SSSR count). The fraction of sp³-hybridized carbons (Fsp3) is 0.280. The number of aromatic nitrogens is 2. The number of nitrogens with one attached hydrogen (secondary N) is 1. The lowest BCUT2D eigenvalue weighted by Gasteiger charge is -2.23. The van der Waals surface area contributed by atoms with E-state index in [0.717, 1.165) is 11.1 Å². The number of nitrogens with zero attached hydrogens (tertiary/aromatic N) is 2. The van der Waals surface area contributed by atoms with E-state index in [1.807, 2.05) is 48.7 Å². The Kier molecular flexibility index (Phi) is 8.25. The molecule has 0 aliphatic rings. The number of amides is 1. The van der Waals surface area contributed by atoms with Gasteiger partial charge in [-0.15, -0.1) is 11.8 Å². The van der Waals surface area contributed by atoms with Crippen LogP contribution in [0.25, 0.3) is 0 Å². The molecular formula is C25H28N4O4S. The van der Waals surface area contributed by atoms with Crippen LogP contribution in [0.5, 0.6) is 0 Å². The number of rotatable bonds is 9. The first kappa shape index (κ1) is 25.2. The number of thioether (sulfide) groups is 1. The maximum Gasteiger partial charge on any atom is 0.411 e. The number of hydrogen-bond acceptors (Lipinski definition) is 7. The molecule has 0 radical (unpaired) electrons. The van der Waals surface area contributed by atoms with E-state index in [2.05, 4.69) is 15.3 Å². The van der Waals surface area contributed by atoms with Crippen LogP contribution in [0, 0.1) is 0 Å². The molecule has 4 N–H and O–H groups in total. The number of carboxylic acid groups (broad SMARTS) is 1. The highest BCUT2D eigenvalue weighted by Crippen LogP contribution is 2.28. The highest BCUT2D eigenvalue weighted by atomic mass is 32.2. The quantitative estimate of drug-likeness (QED) is 0.304. The zero-order chi connectivity index (χ0) is 24.7. The summed E-state index contributed by atoms with van der Waals surface area (Å²) >= 11 is 1.37. The Bertz CT molecular complexity index is 1150. The first-order valence-electron chi connectivity index (χ1n) is 10.7. The summed E-state index contributed by atoms with van der Waals surface area (Å²) < 4.78 is 5.24. The van der Waals surface area contributed by atoms with E-state index in [1.165, 1.54) is 11.8 Å². The molecule has 0 saturated heterocycles. The molecule has 178 valence electrons. The van der Waals surface area contributed by atoms with Gasteiger partial charge in [0.15, 0.2) is 0 Å². The standard InChI is InChI=1S/C25H28N4O4S/c1-25(2,26)22-19(14-21(30)31)23(34-3)29-20(28-22)13-16-9-11-18(12-10-16)27-24(32)33-15-17-7-5-4-6-8-17/h4-12H,13-15,26H2,1-3H3,(H,27,32)(H,30,31). The van der Waals surface area contributed by atoms with Gasteiger partial charge in [0.1, 0.15) is 17.5 Å².